The van der Waals surface area contributed by atoms with Crippen molar-refractivity contribution < 1.29 is 68.7 Å². The summed E-state index contributed by atoms with van der Waals surface area (Å²) in [7, 11) is 0. The van der Waals surface area contributed by atoms with Gasteiger partial charge in [0.05, 0.1) is 38.4 Å². The molecule has 11 N–H and O–H groups in total. The highest BCUT2D eigenvalue weighted by Gasteiger charge is 2.40. The zero-order valence-electron chi connectivity index (χ0n) is 26.5. The third-order valence-corrected chi connectivity index (χ3v) is 7.03. The first-order chi connectivity index (χ1) is 22.5. The van der Waals surface area contributed by atoms with E-state index in [-0.39, 0.29) is 25.7 Å². The average molecular weight is 690 g/mol. The Morgan fingerprint density at radius 3 is 1.81 bits per heavy atom. The maximum absolute atomic E-state index is 13.3. The molecular formula is C27H43N7O14. The summed E-state index contributed by atoms with van der Waals surface area (Å²) in [5.74, 6) is -7.96. The number of carbonyl (C=O) groups excluding carboxylic acids is 8. The van der Waals surface area contributed by atoms with E-state index in [0.29, 0.717) is 0 Å². The van der Waals surface area contributed by atoms with Crippen molar-refractivity contribution in [2.24, 2.45) is 0 Å². The lowest BCUT2D eigenvalue weighted by molar-refractivity contribution is -0.143. The SMILES string of the molecule is CC(=O)N[C@H](C(=O)N[C@@H](CO)C(=O)N[C@@H](CO)C(=O)N1CCC[C@H]1C(=O)N[C@@H](CO)C(=O)N[C@@H](C)C(=O)N[C@H](C=O)CC(=O)O)[C@@H](C)O. The molecule has 270 valence electrons. The van der Waals surface area contributed by atoms with Gasteiger partial charge < -0.3 is 67.1 Å². The molecule has 1 saturated heterocycles. The van der Waals surface area contributed by atoms with E-state index < -0.39 is 122 Å². The topological polar surface area (TPSA) is 330 Å². The number of aliphatic hydroxyl groups excluding tert-OH is 4. The van der Waals surface area contributed by atoms with Crippen LogP contribution in [0.1, 0.15) is 40.0 Å². The van der Waals surface area contributed by atoms with Gasteiger partial charge in [0.2, 0.25) is 41.4 Å². The summed E-state index contributed by atoms with van der Waals surface area (Å²) in [6.07, 6.45) is -1.52. The summed E-state index contributed by atoms with van der Waals surface area (Å²) in [6, 6.07) is -10.4. The predicted octanol–water partition coefficient (Wildman–Crippen LogP) is -7.04. The number of carboxylic acid groups (broad SMARTS) is 1. The maximum Gasteiger partial charge on any atom is 0.305 e. The van der Waals surface area contributed by atoms with Crippen molar-refractivity contribution >= 4 is 53.6 Å². The van der Waals surface area contributed by atoms with Gasteiger partial charge in [-0.1, -0.05) is 0 Å². The summed E-state index contributed by atoms with van der Waals surface area (Å²) in [5.41, 5.74) is 0. The van der Waals surface area contributed by atoms with E-state index in [1.165, 1.54) is 13.8 Å². The number of hydrogen-bond acceptors (Lipinski definition) is 13. The number of aliphatic hydroxyl groups is 4. The summed E-state index contributed by atoms with van der Waals surface area (Å²) in [6.45, 7) is 0.584. The van der Waals surface area contributed by atoms with Crippen LogP contribution in [-0.2, 0) is 43.2 Å². The number of carbonyl (C=O) groups is 9. The molecule has 0 aromatic heterocycles. The van der Waals surface area contributed by atoms with Crippen LogP contribution in [0.5, 0.6) is 0 Å². The first-order valence-electron chi connectivity index (χ1n) is 14.8. The number of nitrogens with one attached hydrogen (secondary N) is 6. The molecule has 1 rings (SSSR count). The molecule has 48 heavy (non-hydrogen) atoms. The van der Waals surface area contributed by atoms with Crippen LogP contribution in [0.2, 0.25) is 0 Å². The van der Waals surface area contributed by atoms with Crippen molar-refractivity contribution in [3.05, 3.63) is 0 Å². The van der Waals surface area contributed by atoms with Crippen molar-refractivity contribution in [2.45, 2.75) is 88.4 Å². The van der Waals surface area contributed by atoms with Crippen LogP contribution >= 0.6 is 0 Å². The molecule has 0 bridgehead atoms. The van der Waals surface area contributed by atoms with Crippen LogP contribution in [0, 0.1) is 0 Å². The fraction of sp³-hybridized carbons (Fsp3) is 0.667. The molecule has 0 spiro atoms. The Kier molecular flexibility index (Phi) is 17.1. The molecule has 1 aliphatic rings. The highest BCUT2D eigenvalue weighted by atomic mass is 16.4. The van der Waals surface area contributed by atoms with Gasteiger partial charge in [0, 0.05) is 13.5 Å². The van der Waals surface area contributed by atoms with Crippen LogP contribution in [0.25, 0.3) is 0 Å². The number of amides is 7. The number of hydrogen-bond donors (Lipinski definition) is 11. The van der Waals surface area contributed by atoms with Gasteiger partial charge in [-0.15, -0.1) is 0 Å². The minimum Gasteiger partial charge on any atom is -0.481 e. The van der Waals surface area contributed by atoms with Crippen molar-refractivity contribution in [1.29, 1.82) is 0 Å². The quantitative estimate of drug-likeness (QED) is 0.0562. The van der Waals surface area contributed by atoms with E-state index in [1.807, 2.05) is 0 Å². The van der Waals surface area contributed by atoms with E-state index in [9.17, 15) is 63.6 Å². The van der Waals surface area contributed by atoms with Crippen molar-refractivity contribution in [1.82, 2.24) is 36.8 Å². The van der Waals surface area contributed by atoms with Gasteiger partial charge in [0.15, 0.2) is 0 Å². The second-order valence-electron chi connectivity index (χ2n) is 10.9. The fourth-order valence-corrected chi connectivity index (χ4v) is 4.51. The molecule has 1 heterocycles. The zero-order valence-corrected chi connectivity index (χ0v) is 26.5. The van der Waals surface area contributed by atoms with Gasteiger partial charge in [-0.3, -0.25) is 38.4 Å². The Balaban J connectivity index is 2.91. The molecule has 0 aromatic rings. The molecule has 0 radical (unpaired) electrons. The second-order valence-corrected chi connectivity index (χ2v) is 10.9. The molecule has 21 nitrogen and oxygen atoms in total. The highest BCUT2D eigenvalue weighted by Crippen LogP contribution is 2.19. The minimum atomic E-state index is -1.68. The summed E-state index contributed by atoms with van der Waals surface area (Å²) >= 11 is 0. The number of carboxylic acids is 1. The lowest BCUT2D eigenvalue weighted by Crippen LogP contribution is -2.61. The molecule has 0 saturated carbocycles. The molecule has 21 heteroatoms. The molecule has 1 fully saturated rings. The average Bonchev–Trinajstić information content (AvgIpc) is 3.52. The second kappa shape index (κ2) is 19.8. The number of aldehydes is 1. The first-order valence-corrected chi connectivity index (χ1v) is 14.8. The van der Waals surface area contributed by atoms with Gasteiger partial charge >= 0.3 is 5.97 Å². The number of aliphatic carboxylic acids is 1. The predicted molar refractivity (Wildman–Crippen MR) is 159 cm³/mol. The van der Waals surface area contributed by atoms with Crippen molar-refractivity contribution in [3.63, 3.8) is 0 Å². The summed E-state index contributed by atoms with van der Waals surface area (Å²) in [5, 5.41) is 60.9. The Morgan fingerprint density at radius 1 is 0.771 bits per heavy atom. The number of nitrogens with zero attached hydrogens (tertiary/aromatic N) is 1. The zero-order chi connectivity index (χ0) is 36.7. The maximum atomic E-state index is 13.3. The molecule has 0 unspecified atom stereocenters. The minimum absolute atomic E-state index is 0.0162. The third kappa shape index (κ3) is 12.5. The summed E-state index contributed by atoms with van der Waals surface area (Å²) in [4.78, 5) is 111. The molecule has 8 atom stereocenters. The lowest BCUT2D eigenvalue weighted by Gasteiger charge is -2.30. The normalized spacial score (nSPS) is 18.4. The van der Waals surface area contributed by atoms with Gasteiger partial charge in [0.1, 0.15) is 42.5 Å². The monoisotopic (exact) mass is 689 g/mol. The molecule has 0 aliphatic carbocycles. The van der Waals surface area contributed by atoms with Crippen molar-refractivity contribution in [2.75, 3.05) is 26.4 Å². The van der Waals surface area contributed by atoms with E-state index >= 15 is 0 Å². The first kappa shape index (κ1) is 41.3. The highest BCUT2D eigenvalue weighted by molar-refractivity contribution is 5.97. The van der Waals surface area contributed by atoms with Crippen LogP contribution in [0.3, 0.4) is 0 Å². The van der Waals surface area contributed by atoms with E-state index in [4.69, 9.17) is 5.11 Å². The fourth-order valence-electron chi connectivity index (χ4n) is 4.51. The Labute approximate surface area is 274 Å². The lowest BCUT2D eigenvalue weighted by atomic mass is 10.1. The van der Waals surface area contributed by atoms with Crippen LogP contribution in [0.15, 0.2) is 0 Å². The third-order valence-electron chi connectivity index (χ3n) is 7.03. The van der Waals surface area contributed by atoms with Gasteiger partial charge in [-0.25, -0.2) is 0 Å². The standard InChI is InChI=1S/C27H43N7O14/c1-12(22(43)30-15(8-35)7-20(41)42)28-23(44)16(9-36)31-25(46)19-5-4-6-34(19)27(48)18(11-38)33-24(45)17(10-37)32-26(47)21(13(2)39)29-14(3)40/h8,12-13,15-19,21,36-39H,4-7,9-11H2,1-3H3,(H,28,44)(H,29,40)(H,30,43)(H,31,46)(H,32,47)(H,33,45)(H,41,42)/t12-,13+,15-,16-,17-,18-,19-,21-/m0/s1. The van der Waals surface area contributed by atoms with Crippen molar-refractivity contribution in [3.8, 4) is 0 Å². The van der Waals surface area contributed by atoms with Gasteiger partial charge in [-0.2, -0.15) is 0 Å². The Morgan fingerprint density at radius 2 is 1.31 bits per heavy atom. The number of rotatable bonds is 19. The molecular weight excluding hydrogens is 646 g/mol. The van der Waals surface area contributed by atoms with Crippen LogP contribution in [0.4, 0.5) is 0 Å². The van der Waals surface area contributed by atoms with Gasteiger partial charge in [-0.05, 0) is 26.7 Å². The Bertz CT molecular complexity index is 1220. The van der Waals surface area contributed by atoms with E-state index in [1.54, 1.807) is 0 Å². The molecule has 7 amide bonds. The Hall–Kier alpha value is -4.73. The van der Waals surface area contributed by atoms with E-state index in [0.717, 1.165) is 11.8 Å². The van der Waals surface area contributed by atoms with Crippen LogP contribution < -0.4 is 31.9 Å². The van der Waals surface area contributed by atoms with Gasteiger partial charge in [0.25, 0.3) is 0 Å². The summed E-state index contributed by atoms with van der Waals surface area (Å²) < 4.78 is 0. The molecule has 1 aliphatic heterocycles. The largest absolute Gasteiger partial charge is 0.481 e. The molecule has 0 aromatic carbocycles. The van der Waals surface area contributed by atoms with E-state index in [2.05, 4.69) is 31.9 Å². The number of likely N-dealkylation sites (tertiary alicyclic amines) is 1. The van der Waals surface area contributed by atoms with Crippen LogP contribution in [-0.4, -0.2) is 159 Å². The smallest absolute Gasteiger partial charge is 0.305 e.